The molecular formula is C24H26N6. The summed E-state index contributed by atoms with van der Waals surface area (Å²) in [5.41, 5.74) is 10.8. The van der Waals surface area contributed by atoms with Gasteiger partial charge < -0.3 is 15.6 Å². The van der Waals surface area contributed by atoms with Crippen LogP contribution in [0.2, 0.25) is 0 Å². The molecule has 0 radical (unpaired) electrons. The summed E-state index contributed by atoms with van der Waals surface area (Å²) in [6, 6.07) is 11.6. The van der Waals surface area contributed by atoms with Crippen molar-refractivity contribution in [2.24, 2.45) is 5.92 Å². The van der Waals surface area contributed by atoms with Crippen LogP contribution in [0.1, 0.15) is 42.9 Å². The summed E-state index contributed by atoms with van der Waals surface area (Å²) in [5, 5.41) is 5.61. The summed E-state index contributed by atoms with van der Waals surface area (Å²) >= 11 is 0. The van der Waals surface area contributed by atoms with Crippen molar-refractivity contribution in [1.29, 1.82) is 0 Å². The normalized spacial score (nSPS) is 20.7. The molecule has 2 aliphatic rings. The van der Waals surface area contributed by atoms with Crippen LogP contribution in [0.25, 0.3) is 21.9 Å². The number of rotatable bonds is 4. The van der Waals surface area contributed by atoms with Crippen molar-refractivity contribution in [1.82, 2.24) is 19.5 Å². The number of nitrogens with zero attached hydrogens (tertiary/aromatic N) is 4. The SMILES string of the molecule is Nc1ncnc2c1ccn2C1CCC(CCc2ccc3cc4c(nc3c2)NCC4)C1. The maximum absolute atomic E-state index is 6.00. The van der Waals surface area contributed by atoms with Crippen LogP contribution in [0.15, 0.2) is 42.9 Å². The second kappa shape index (κ2) is 6.97. The van der Waals surface area contributed by atoms with Crippen molar-refractivity contribution < 1.29 is 0 Å². The fraction of sp³-hybridized carbons (Fsp3) is 0.375. The van der Waals surface area contributed by atoms with Crippen molar-refractivity contribution in [2.45, 2.75) is 44.6 Å². The summed E-state index contributed by atoms with van der Waals surface area (Å²) in [6.07, 6.45) is 10.8. The van der Waals surface area contributed by atoms with E-state index in [1.165, 1.54) is 42.2 Å². The van der Waals surface area contributed by atoms with E-state index in [-0.39, 0.29) is 0 Å². The lowest BCUT2D eigenvalue weighted by atomic mass is 9.97. The summed E-state index contributed by atoms with van der Waals surface area (Å²) in [4.78, 5) is 13.4. The van der Waals surface area contributed by atoms with Crippen molar-refractivity contribution in [3.05, 3.63) is 54.0 Å². The number of aryl methyl sites for hydroxylation is 1. The molecule has 1 fully saturated rings. The van der Waals surface area contributed by atoms with Gasteiger partial charge in [-0.2, -0.15) is 0 Å². The quantitative estimate of drug-likeness (QED) is 0.529. The van der Waals surface area contributed by atoms with Gasteiger partial charge in [-0.3, -0.25) is 0 Å². The van der Waals surface area contributed by atoms with Gasteiger partial charge in [-0.1, -0.05) is 12.1 Å². The van der Waals surface area contributed by atoms with E-state index in [1.807, 2.05) is 6.07 Å². The molecule has 0 bridgehead atoms. The Kier molecular flexibility index (Phi) is 4.11. The van der Waals surface area contributed by atoms with Gasteiger partial charge in [0.25, 0.3) is 0 Å². The fourth-order valence-electron chi connectivity index (χ4n) is 5.29. The number of nitrogens with one attached hydrogen (secondary N) is 1. The predicted molar refractivity (Wildman–Crippen MR) is 121 cm³/mol. The van der Waals surface area contributed by atoms with E-state index in [0.29, 0.717) is 11.9 Å². The van der Waals surface area contributed by atoms with E-state index in [2.05, 4.69) is 50.3 Å². The zero-order valence-corrected chi connectivity index (χ0v) is 17.0. The molecule has 6 nitrogen and oxygen atoms in total. The Morgan fingerprint density at radius 3 is 3.07 bits per heavy atom. The minimum Gasteiger partial charge on any atom is -0.383 e. The highest BCUT2D eigenvalue weighted by Gasteiger charge is 2.27. The molecule has 0 spiro atoms. The Hall–Kier alpha value is -3.15. The second-order valence-electron chi connectivity index (χ2n) is 8.79. The molecule has 0 saturated heterocycles. The molecule has 6 heteroatoms. The number of hydrogen-bond acceptors (Lipinski definition) is 5. The molecule has 4 heterocycles. The van der Waals surface area contributed by atoms with Crippen LogP contribution in [-0.4, -0.2) is 26.1 Å². The maximum atomic E-state index is 6.00. The Balaban J connectivity index is 1.15. The molecule has 6 rings (SSSR count). The summed E-state index contributed by atoms with van der Waals surface area (Å²) < 4.78 is 2.31. The second-order valence-corrected chi connectivity index (χ2v) is 8.79. The van der Waals surface area contributed by atoms with Crippen LogP contribution in [0.3, 0.4) is 0 Å². The molecule has 4 aromatic rings. The van der Waals surface area contributed by atoms with Gasteiger partial charge >= 0.3 is 0 Å². The smallest absolute Gasteiger partial charge is 0.145 e. The average Bonchev–Trinajstić information content (AvgIpc) is 3.49. The minimum absolute atomic E-state index is 0.508. The molecule has 2 unspecified atom stereocenters. The van der Waals surface area contributed by atoms with Crippen molar-refractivity contribution >= 4 is 33.6 Å². The average molecular weight is 399 g/mol. The van der Waals surface area contributed by atoms with E-state index in [9.17, 15) is 0 Å². The predicted octanol–water partition coefficient (Wildman–Crippen LogP) is 4.50. The number of hydrogen-bond donors (Lipinski definition) is 2. The first-order valence-corrected chi connectivity index (χ1v) is 11.0. The Labute approximate surface area is 175 Å². The molecule has 1 aliphatic heterocycles. The monoisotopic (exact) mass is 398 g/mol. The highest BCUT2D eigenvalue weighted by molar-refractivity contribution is 5.86. The van der Waals surface area contributed by atoms with E-state index in [4.69, 9.17) is 10.7 Å². The molecule has 1 aromatic carbocycles. The number of anilines is 2. The van der Waals surface area contributed by atoms with Crippen LogP contribution in [0, 0.1) is 5.92 Å². The van der Waals surface area contributed by atoms with Gasteiger partial charge in [0.2, 0.25) is 0 Å². The molecule has 1 aliphatic carbocycles. The van der Waals surface area contributed by atoms with Gasteiger partial charge in [0.15, 0.2) is 0 Å². The van der Waals surface area contributed by atoms with E-state index in [1.54, 1.807) is 6.33 Å². The van der Waals surface area contributed by atoms with Gasteiger partial charge in [0, 0.05) is 24.2 Å². The van der Waals surface area contributed by atoms with Crippen LogP contribution in [-0.2, 0) is 12.8 Å². The Bertz CT molecular complexity index is 1240. The number of benzene rings is 1. The van der Waals surface area contributed by atoms with Gasteiger partial charge in [-0.25, -0.2) is 15.0 Å². The summed E-state index contributed by atoms with van der Waals surface area (Å²) in [7, 11) is 0. The van der Waals surface area contributed by atoms with Crippen LogP contribution in [0.5, 0.6) is 0 Å². The molecule has 1 saturated carbocycles. The first kappa shape index (κ1) is 17.7. The standard InChI is InChI=1S/C24H26N6/c25-22-20-8-10-30(24(20)28-14-27-22)19-6-4-15(11-19)1-2-16-3-5-17-13-18-7-9-26-23(18)29-21(17)12-16/h3,5,8,10,12-15,19H,1-2,4,6-7,9,11H2,(H,26,29)(H2,25,27,28). The lowest BCUT2D eigenvalue weighted by Gasteiger charge is -2.14. The molecule has 2 atom stereocenters. The third-order valence-corrected chi connectivity index (χ3v) is 6.94. The largest absolute Gasteiger partial charge is 0.383 e. The zero-order valence-electron chi connectivity index (χ0n) is 17.0. The van der Waals surface area contributed by atoms with E-state index < -0.39 is 0 Å². The zero-order chi connectivity index (χ0) is 20.1. The van der Waals surface area contributed by atoms with Crippen molar-refractivity contribution in [2.75, 3.05) is 17.6 Å². The van der Waals surface area contributed by atoms with Gasteiger partial charge in [-0.15, -0.1) is 0 Å². The van der Waals surface area contributed by atoms with E-state index in [0.717, 1.165) is 47.7 Å². The van der Waals surface area contributed by atoms with Gasteiger partial charge in [0.05, 0.1) is 10.9 Å². The fourth-order valence-corrected chi connectivity index (χ4v) is 5.29. The highest BCUT2D eigenvalue weighted by atomic mass is 15.1. The number of fused-ring (bicyclic) bond motifs is 3. The number of nitrogens with two attached hydrogens (primary N) is 1. The molecule has 30 heavy (non-hydrogen) atoms. The van der Waals surface area contributed by atoms with Gasteiger partial charge in [0.1, 0.15) is 23.6 Å². The Morgan fingerprint density at radius 2 is 2.10 bits per heavy atom. The number of aromatic nitrogens is 4. The van der Waals surface area contributed by atoms with Gasteiger partial charge in [-0.05, 0) is 73.8 Å². The number of pyridine rings is 1. The highest BCUT2D eigenvalue weighted by Crippen LogP contribution is 2.39. The number of nitrogen functional groups attached to an aromatic ring is 1. The van der Waals surface area contributed by atoms with Crippen LogP contribution < -0.4 is 11.1 Å². The Morgan fingerprint density at radius 1 is 1.13 bits per heavy atom. The van der Waals surface area contributed by atoms with Crippen LogP contribution in [0.4, 0.5) is 11.6 Å². The summed E-state index contributed by atoms with van der Waals surface area (Å²) in [5.74, 6) is 2.39. The van der Waals surface area contributed by atoms with Crippen LogP contribution >= 0.6 is 0 Å². The molecule has 152 valence electrons. The topological polar surface area (TPSA) is 81.7 Å². The first-order valence-electron chi connectivity index (χ1n) is 11.0. The van der Waals surface area contributed by atoms with Crippen molar-refractivity contribution in [3.63, 3.8) is 0 Å². The minimum atomic E-state index is 0.508. The maximum Gasteiger partial charge on any atom is 0.145 e. The van der Waals surface area contributed by atoms with E-state index >= 15 is 0 Å². The third kappa shape index (κ3) is 2.98. The molecule has 3 aromatic heterocycles. The summed E-state index contributed by atoms with van der Waals surface area (Å²) in [6.45, 7) is 1.00. The molecule has 3 N–H and O–H groups in total. The first-order chi connectivity index (χ1) is 14.7. The molecule has 0 amide bonds. The lowest BCUT2D eigenvalue weighted by molar-refractivity contribution is 0.461. The third-order valence-electron chi connectivity index (χ3n) is 6.94. The lowest BCUT2D eigenvalue weighted by Crippen LogP contribution is -2.06. The van der Waals surface area contributed by atoms with Crippen molar-refractivity contribution in [3.8, 4) is 0 Å². The molecular weight excluding hydrogens is 372 g/mol.